The molecule has 1 heterocycles. The Kier molecular flexibility index (Phi) is 4.75. The normalized spacial score (nSPS) is 11.8. The van der Waals surface area contributed by atoms with Gasteiger partial charge >= 0.3 is 6.03 Å². The van der Waals surface area contributed by atoms with Crippen molar-refractivity contribution in [3.63, 3.8) is 0 Å². The molecule has 0 saturated heterocycles. The van der Waals surface area contributed by atoms with Crippen molar-refractivity contribution < 1.29 is 4.79 Å². The molecule has 0 unspecified atom stereocenters. The highest BCUT2D eigenvalue weighted by atomic mass is 16.2. The zero-order chi connectivity index (χ0) is 12.8. The molecule has 0 aliphatic heterocycles. The number of nitrogens with zero attached hydrogens (tertiary/aromatic N) is 2. The van der Waals surface area contributed by atoms with Crippen molar-refractivity contribution in [1.82, 2.24) is 10.3 Å². The standard InChI is InChI=1S/C12H20N4O/c1-5-9(2)14-12(17)15-10-6-7-11(13-8-10)16(3)4/h6-9H,5H2,1-4H3,(H2,14,15,17)/t9-/m0/s1. The number of carbonyl (C=O) groups is 1. The quantitative estimate of drug-likeness (QED) is 0.841. The van der Waals surface area contributed by atoms with E-state index in [0.717, 1.165) is 12.2 Å². The summed E-state index contributed by atoms with van der Waals surface area (Å²) in [5.74, 6) is 0.859. The fourth-order valence-corrected chi connectivity index (χ4v) is 1.22. The number of pyridine rings is 1. The first-order valence-corrected chi connectivity index (χ1v) is 5.73. The summed E-state index contributed by atoms with van der Waals surface area (Å²) in [6.07, 6.45) is 2.55. The van der Waals surface area contributed by atoms with Gasteiger partial charge in [-0.15, -0.1) is 0 Å². The van der Waals surface area contributed by atoms with Crippen molar-refractivity contribution in [1.29, 1.82) is 0 Å². The van der Waals surface area contributed by atoms with Crippen LogP contribution in [0.1, 0.15) is 20.3 Å². The zero-order valence-corrected chi connectivity index (χ0v) is 10.8. The van der Waals surface area contributed by atoms with Crippen molar-refractivity contribution >= 4 is 17.5 Å². The van der Waals surface area contributed by atoms with Crippen molar-refractivity contribution in [2.45, 2.75) is 26.3 Å². The van der Waals surface area contributed by atoms with E-state index < -0.39 is 0 Å². The van der Waals surface area contributed by atoms with E-state index in [1.54, 1.807) is 6.20 Å². The summed E-state index contributed by atoms with van der Waals surface area (Å²) in [4.78, 5) is 17.7. The zero-order valence-electron chi connectivity index (χ0n) is 10.8. The van der Waals surface area contributed by atoms with Gasteiger partial charge in [0.15, 0.2) is 0 Å². The summed E-state index contributed by atoms with van der Waals surface area (Å²) in [5, 5.41) is 5.57. The van der Waals surface area contributed by atoms with Crippen LogP contribution in [0.3, 0.4) is 0 Å². The van der Waals surface area contributed by atoms with Crippen LogP contribution in [0.25, 0.3) is 0 Å². The third kappa shape index (κ3) is 4.30. The summed E-state index contributed by atoms with van der Waals surface area (Å²) in [5.41, 5.74) is 0.691. The lowest BCUT2D eigenvalue weighted by Crippen LogP contribution is -2.35. The molecular formula is C12H20N4O. The molecule has 0 aliphatic rings. The molecule has 0 bridgehead atoms. The van der Waals surface area contributed by atoms with Gasteiger partial charge in [0.2, 0.25) is 0 Å². The summed E-state index contributed by atoms with van der Waals surface area (Å²) in [6, 6.07) is 3.67. The Morgan fingerprint density at radius 2 is 2.18 bits per heavy atom. The second-order valence-corrected chi connectivity index (χ2v) is 4.21. The fourth-order valence-electron chi connectivity index (χ4n) is 1.22. The maximum atomic E-state index is 11.5. The highest BCUT2D eigenvalue weighted by Gasteiger charge is 2.05. The molecule has 1 aromatic heterocycles. The largest absolute Gasteiger partial charge is 0.363 e. The van der Waals surface area contributed by atoms with Gasteiger partial charge in [-0.1, -0.05) is 6.92 Å². The highest BCUT2D eigenvalue weighted by molar-refractivity contribution is 5.89. The Labute approximate surface area is 102 Å². The number of anilines is 2. The first-order valence-electron chi connectivity index (χ1n) is 5.73. The molecular weight excluding hydrogens is 216 g/mol. The van der Waals surface area contributed by atoms with E-state index >= 15 is 0 Å². The Bertz CT molecular complexity index is 361. The molecule has 5 nitrogen and oxygen atoms in total. The Morgan fingerprint density at radius 3 is 2.65 bits per heavy atom. The smallest absolute Gasteiger partial charge is 0.319 e. The molecule has 0 radical (unpaired) electrons. The van der Waals surface area contributed by atoms with Crippen LogP contribution < -0.4 is 15.5 Å². The minimum atomic E-state index is -0.196. The number of hydrogen-bond donors (Lipinski definition) is 2. The summed E-state index contributed by atoms with van der Waals surface area (Å²) in [7, 11) is 3.84. The van der Waals surface area contributed by atoms with Crippen LogP contribution in [0.5, 0.6) is 0 Å². The number of carbonyl (C=O) groups excluding carboxylic acids is 1. The lowest BCUT2D eigenvalue weighted by Gasteiger charge is -2.14. The predicted molar refractivity (Wildman–Crippen MR) is 70.5 cm³/mol. The molecule has 1 atom stereocenters. The van der Waals surface area contributed by atoms with Crippen LogP contribution in [-0.2, 0) is 0 Å². The van der Waals surface area contributed by atoms with Crippen molar-refractivity contribution in [3.05, 3.63) is 18.3 Å². The predicted octanol–water partition coefficient (Wildman–Crippen LogP) is 2.07. The number of rotatable bonds is 4. The molecule has 5 heteroatoms. The average molecular weight is 236 g/mol. The maximum absolute atomic E-state index is 11.5. The number of amides is 2. The van der Waals surface area contributed by atoms with E-state index in [0.29, 0.717) is 5.69 Å². The molecule has 94 valence electrons. The number of aromatic nitrogens is 1. The second-order valence-electron chi connectivity index (χ2n) is 4.21. The Hall–Kier alpha value is -1.78. The molecule has 0 spiro atoms. The van der Waals surface area contributed by atoms with Gasteiger partial charge in [-0.25, -0.2) is 9.78 Å². The first kappa shape index (κ1) is 13.3. The molecule has 2 N–H and O–H groups in total. The van der Waals surface area contributed by atoms with Gasteiger partial charge in [0, 0.05) is 20.1 Å². The summed E-state index contributed by atoms with van der Waals surface area (Å²) >= 11 is 0. The van der Waals surface area contributed by atoms with Gasteiger partial charge < -0.3 is 15.5 Å². The topological polar surface area (TPSA) is 57.3 Å². The molecule has 0 saturated carbocycles. The third-order valence-corrected chi connectivity index (χ3v) is 2.45. The van der Waals surface area contributed by atoms with Crippen LogP contribution in [0.2, 0.25) is 0 Å². The van der Waals surface area contributed by atoms with E-state index in [4.69, 9.17) is 0 Å². The van der Waals surface area contributed by atoms with Crippen LogP contribution in [0, 0.1) is 0 Å². The van der Waals surface area contributed by atoms with E-state index in [9.17, 15) is 4.79 Å². The molecule has 1 rings (SSSR count). The first-order chi connectivity index (χ1) is 8.02. The molecule has 0 aliphatic carbocycles. The number of urea groups is 1. The van der Waals surface area contributed by atoms with Crippen molar-refractivity contribution in [2.75, 3.05) is 24.3 Å². The van der Waals surface area contributed by atoms with E-state index in [1.807, 2.05) is 45.0 Å². The lowest BCUT2D eigenvalue weighted by molar-refractivity contribution is 0.249. The minimum Gasteiger partial charge on any atom is -0.363 e. The fraction of sp³-hybridized carbons (Fsp3) is 0.500. The van der Waals surface area contributed by atoms with Gasteiger partial charge in [-0.2, -0.15) is 0 Å². The van der Waals surface area contributed by atoms with E-state index in [1.165, 1.54) is 0 Å². The molecule has 2 amide bonds. The van der Waals surface area contributed by atoms with Crippen molar-refractivity contribution in [3.8, 4) is 0 Å². The van der Waals surface area contributed by atoms with E-state index in [2.05, 4.69) is 15.6 Å². The van der Waals surface area contributed by atoms with Crippen LogP contribution in [-0.4, -0.2) is 31.2 Å². The molecule has 0 fully saturated rings. The monoisotopic (exact) mass is 236 g/mol. The van der Waals surface area contributed by atoms with Gasteiger partial charge in [0.1, 0.15) is 5.82 Å². The lowest BCUT2D eigenvalue weighted by atomic mass is 10.3. The van der Waals surface area contributed by atoms with Crippen LogP contribution in [0.15, 0.2) is 18.3 Å². The second kappa shape index (κ2) is 6.08. The number of nitrogens with one attached hydrogen (secondary N) is 2. The summed E-state index contributed by atoms with van der Waals surface area (Å²) < 4.78 is 0. The van der Waals surface area contributed by atoms with Gasteiger partial charge in [0.25, 0.3) is 0 Å². The van der Waals surface area contributed by atoms with Crippen LogP contribution >= 0.6 is 0 Å². The van der Waals surface area contributed by atoms with Gasteiger partial charge in [-0.3, -0.25) is 0 Å². The molecule has 0 aromatic carbocycles. The summed E-state index contributed by atoms with van der Waals surface area (Å²) in [6.45, 7) is 3.99. The van der Waals surface area contributed by atoms with Gasteiger partial charge in [0.05, 0.1) is 11.9 Å². The average Bonchev–Trinajstić information content (AvgIpc) is 2.29. The van der Waals surface area contributed by atoms with Crippen LogP contribution in [0.4, 0.5) is 16.3 Å². The maximum Gasteiger partial charge on any atom is 0.319 e. The van der Waals surface area contributed by atoms with Crippen molar-refractivity contribution in [2.24, 2.45) is 0 Å². The van der Waals surface area contributed by atoms with Gasteiger partial charge in [-0.05, 0) is 25.5 Å². The Balaban J connectivity index is 2.54. The minimum absolute atomic E-state index is 0.170. The Morgan fingerprint density at radius 1 is 1.47 bits per heavy atom. The third-order valence-electron chi connectivity index (χ3n) is 2.45. The molecule has 17 heavy (non-hydrogen) atoms. The SMILES string of the molecule is CC[C@H](C)NC(=O)Nc1ccc(N(C)C)nc1. The number of hydrogen-bond acceptors (Lipinski definition) is 3. The highest BCUT2D eigenvalue weighted by Crippen LogP contribution is 2.11. The van der Waals surface area contributed by atoms with E-state index in [-0.39, 0.29) is 12.1 Å². The molecule has 1 aromatic rings.